The zero-order valence-electron chi connectivity index (χ0n) is 19.8. The molecule has 2 heterocycles. The van der Waals surface area contributed by atoms with Gasteiger partial charge in [0.05, 0.1) is 10.5 Å². The van der Waals surface area contributed by atoms with E-state index in [1.807, 2.05) is 12.1 Å². The number of nitrogens with zero attached hydrogens (tertiary/aromatic N) is 5. The Bertz CT molecular complexity index is 1120. The lowest BCUT2D eigenvalue weighted by atomic mass is 9.72. The summed E-state index contributed by atoms with van der Waals surface area (Å²) in [6.07, 6.45) is 4.64. The number of nitriles is 1. The minimum atomic E-state index is -0.317. The monoisotopic (exact) mass is 465 g/mol. The summed E-state index contributed by atoms with van der Waals surface area (Å²) in [7, 11) is 2.06. The Hall–Kier alpha value is -2.76. The van der Waals surface area contributed by atoms with Crippen LogP contribution in [0.5, 0.6) is 0 Å². The zero-order valence-corrected chi connectivity index (χ0v) is 20.6. The molecule has 1 atom stereocenters. The Morgan fingerprint density at radius 3 is 2.64 bits per heavy atom. The van der Waals surface area contributed by atoms with E-state index in [0.717, 1.165) is 51.0 Å². The van der Waals surface area contributed by atoms with E-state index in [0.29, 0.717) is 27.7 Å². The fourth-order valence-corrected chi connectivity index (χ4v) is 5.95. The summed E-state index contributed by atoms with van der Waals surface area (Å²) in [6.45, 7) is 10.1. The first kappa shape index (κ1) is 23.4. The van der Waals surface area contributed by atoms with Crippen LogP contribution in [-0.4, -0.2) is 49.3 Å². The third-order valence-corrected chi connectivity index (χ3v) is 8.12. The van der Waals surface area contributed by atoms with Crippen LogP contribution in [0.4, 0.5) is 16.4 Å². The topological polar surface area (TPSA) is 85.8 Å². The van der Waals surface area contributed by atoms with E-state index in [2.05, 4.69) is 48.7 Å². The quantitative estimate of drug-likeness (QED) is 0.353. The molecule has 1 aliphatic carbocycles. The maximum atomic E-state index is 11.8. The summed E-state index contributed by atoms with van der Waals surface area (Å²) in [5.41, 5.74) is 3.48. The molecule has 0 amide bonds. The minimum absolute atomic E-state index is 0.0995. The van der Waals surface area contributed by atoms with Gasteiger partial charge in [-0.1, -0.05) is 26.8 Å². The van der Waals surface area contributed by atoms with Crippen molar-refractivity contribution in [2.45, 2.75) is 40.0 Å². The van der Waals surface area contributed by atoms with Gasteiger partial charge in [-0.05, 0) is 54.8 Å². The number of thiophene rings is 1. The van der Waals surface area contributed by atoms with Crippen molar-refractivity contribution < 1.29 is 4.92 Å². The van der Waals surface area contributed by atoms with Crippen molar-refractivity contribution in [3.05, 3.63) is 49.9 Å². The number of rotatable bonds is 4. The first-order chi connectivity index (χ1) is 15.7. The van der Waals surface area contributed by atoms with Gasteiger partial charge in [0.25, 0.3) is 5.69 Å². The lowest BCUT2D eigenvalue weighted by Gasteiger charge is -2.33. The Balaban J connectivity index is 1.60. The molecule has 33 heavy (non-hydrogen) atoms. The van der Waals surface area contributed by atoms with Crippen molar-refractivity contribution in [3.8, 4) is 6.07 Å². The van der Waals surface area contributed by atoms with Crippen LogP contribution in [-0.2, 0) is 12.8 Å². The smallest absolute Gasteiger partial charge is 0.293 e. The molecule has 0 spiro atoms. The molecule has 8 heteroatoms. The molecule has 1 aromatic carbocycles. The third-order valence-electron chi connectivity index (χ3n) is 6.95. The Morgan fingerprint density at radius 1 is 1.27 bits per heavy atom. The average molecular weight is 466 g/mol. The highest BCUT2D eigenvalue weighted by Crippen LogP contribution is 2.45. The summed E-state index contributed by atoms with van der Waals surface area (Å²) < 4.78 is 0. The number of anilines is 1. The van der Waals surface area contributed by atoms with Crippen molar-refractivity contribution in [1.29, 1.82) is 5.26 Å². The van der Waals surface area contributed by atoms with Gasteiger partial charge in [-0.3, -0.25) is 10.1 Å². The Morgan fingerprint density at radius 2 is 2.00 bits per heavy atom. The average Bonchev–Trinajstić information content (AvgIpc) is 3.14. The summed E-state index contributed by atoms with van der Waals surface area (Å²) >= 11 is 1.60. The Kier molecular flexibility index (Phi) is 6.55. The highest BCUT2D eigenvalue weighted by Gasteiger charge is 2.32. The number of fused-ring (bicyclic) bond motifs is 1. The summed E-state index contributed by atoms with van der Waals surface area (Å²) in [5.74, 6) is 0.594. The van der Waals surface area contributed by atoms with Crippen molar-refractivity contribution in [3.63, 3.8) is 0 Å². The summed E-state index contributed by atoms with van der Waals surface area (Å²) in [4.78, 5) is 21.6. The van der Waals surface area contributed by atoms with Crippen molar-refractivity contribution >= 4 is 33.9 Å². The van der Waals surface area contributed by atoms with Gasteiger partial charge in [0.1, 0.15) is 16.8 Å². The maximum Gasteiger partial charge on any atom is 0.293 e. The number of nitro groups is 1. The molecule has 0 radical (unpaired) electrons. The molecule has 1 fully saturated rings. The normalized spacial score (nSPS) is 19.5. The van der Waals surface area contributed by atoms with Gasteiger partial charge in [0.15, 0.2) is 0 Å². The highest BCUT2D eigenvalue weighted by molar-refractivity contribution is 7.16. The predicted molar refractivity (Wildman–Crippen MR) is 134 cm³/mol. The molecule has 7 nitrogen and oxygen atoms in total. The first-order valence-electron chi connectivity index (χ1n) is 11.5. The van der Waals surface area contributed by atoms with Crippen LogP contribution in [0.1, 0.15) is 48.8 Å². The van der Waals surface area contributed by atoms with Gasteiger partial charge < -0.3 is 9.80 Å². The van der Waals surface area contributed by atoms with Crippen LogP contribution in [0.3, 0.4) is 0 Å². The van der Waals surface area contributed by atoms with Crippen LogP contribution < -0.4 is 4.90 Å². The number of hydrogen-bond acceptors (Lipinski definition) is 7. The highest BCUT2D eigenvalue weighted by atomic mass is 32.1. The van der Waals surface area contributed by atoms with Crippen LogP contribution in [0, 0.1) is 32.8 Å². The second-order valence-electron chi connectivity index (χ2n) is 10.2. The molecule has 0 unspecified atom stereocenters. The standard InChI is InChI=1S/C25H31N5O2S/c1-25(2,3)18-6-7-19-20(15-26)24(33-23(19)14-18)27-16-17-5-8-21(22(13-17)30(31)32)29-11-9-28(4)10-12-29/h5,8,13,16,18H,6-7,9-12,14H2,1-4H3/t18-/m0/s1. The van der Waals surface area contributed by atoms with Crippen LogP contribution in [0.2, 0.25) is 0 Å². The molecule has 174 valence electrons. The predicted octanol–water partition coefficient (Wildman–Crippen LogP) is 5.18. The Labute approximate surface area is 199 Å². The number of nitro benzene ring substituents is 1. The van der Waals surface area contributed by atoms with E-state index >= 15 is 0 Å². The molecule has 0 N–H and O–H groups in total. The van der Waals surface area contributed by atoms with E-state index in [-0.39, 0.29) is 16.0 Å². The van der Waals surface area contributed by atoms with Crippen molar-refractivity contribution in [2.24, 2.45) is 16.3 Å². The van der Waals surface area contributed by atoms with E-state index in [1.165, 1.54) is 4.88 Å². The fraction of sp³-hybridized carbons (Fsp3) is 0.520. The SMILES string of the molecule is CN1CCN(c2ccc(C=Nc3sc4c(c3C#N)CC[C@H](C(C)(C)C)C4)cc2[N+](=O)[O-])CC1. The third kappa shape index (κ3) is 4.94. The second kappa shape index (κ2) is 9.24. The van der Waals surface area contributed by atoms with Gasteiger partial charge in [-0.2, -0.15) is 5.26 Å². The van der Waals surface area contributed by atoms with Gasteiger partial charge in [-0.15, -0.1) is 11.3 Å². The molecule has 0 saturated carbocycles. The van der Waals surface area contributed by atoms with E-state index in [9.17, 15) is 15.4 Å². The van der Waals surface area contributed by atoms with E-state index in [1.54, 1.807) is 23.6 Å². The molecule has 2 aromatic rings. The van der Waals surface area contributed by atoms with Crippen molar-refractivity contribution in [2.75, 3.05) is 38.1 Å². The number of benzene rings is 1. The van der Waals surface area contributed by atoms with Gasteiger partial charge in [0, 0.05) is 43.3 Å². The minimum Gasteiger partial charge on any atom is -0.363 e. The zero-order chi connectivity index (χ0) is 23.8. The maximum absolute atomic E-state index is 11.8. The second-order valence-corrected chi connectivity index (χ2v) is 11.2. The molecule has 1 saturated heterocycles. The number of hydrogen-bond donors (Lipinski definition) is 0. The lowest BCUT2D eigenvalue weighted by Crippen LogP contribution is -2.44. The summed E-state index contributed by atoms with van der Waals surface area (Å²) in [5, 5.41) is 22.3. The largest absolute Gasteiger partial charge is 0.363 e. The summed E-state index contributed by atoms with van der Waals surface area (Å²) in [6, 6.07) is 7.64. The van der Waals surface area contributed by atoms with Crippen LogP contribution >= 0.6 is 11.3 Å². The van der Waals surface area contributed by atoms with E-state index in [4.69, 9.17) is 0 Å². The van der Waals surface area contributed by atoms with Gasteiger partial charge in [0.2, 0.25) is 0 Å². The van der Waals surface area contributed by atoms with Crippen LogP contribution in [0.15, 0.2) is 23.2 Å². The molecular formula is C25H31N5O2S. The molecule has 1 aliphatic heterocycles. The van der Waals surface area contributed by atoms with Gasteiger partial charge in [-0.25, -0.2) is 4.99 Å². The number of piperazine rings is 1. The van der Waals surface area contributed by atoms with Crippen molar-refractivity contribution in [1.82, 2.24) is 4.90 Å². The molecule has 4 rings (SSSR count). The molecule has 2 aliphatic rings. The first-order valence-corrected chi connectivity index (χ1v) is 12.3. The van der Waals surface area contributed by atoms with Gasteiger partial charge >= 0.3 is 0 Å². The van der Waals surface area contributed by atoms with Crippen LogP contribution in [0.25, 0.3) is 0 Å². The lowest BCUT2D eigenvalue weighted by molar-refractivity contribution is -0.384. The molecule has 0 bridgehead atoms. The van der Waals surface area contributed by atoms with E-state index < -0.39 is 0 Å². The number of aliphatic imine (C=N–C) groups is 1. The fourth-order valence-electron chi connectivity index (χ4n) is 4.73. The molecular weight excluding hydrogens is 434 g/mol. The number of likely N-dealkylation sites (N-methyl/N-ethyl adjacent to an activating group) is 1. The molecule has 1 aromatic heterocycles.